The van der Waals surface area contributed by atoms with Crippen molar-refractivity contribution in [2.75, 3.05) is 26.5 Å². The van der Waals surface area contributed by atoms with Crippen LogP contribution < -0.4 is 4.74 Å². The zero-order chi connectivity index (χ0) is 27.3. The lowest BCUT2D eigenvalue weighted by molar-refractivity contribution is -0.384. The van der Waals surface area contributed by atoms with Crippen LogP contribution in [0.4, 0.5) is 5.69 Å². The third kappa shape index (κ3) is 5.48. The largest absolute Gasteiger partial charge is 0.496 e. The Morgan fingerprint density at radius 2 is 1.66 bits per heavy atom. The number of nitroso groups, excluding NO2 is 1. The summed E-state index contributed by atoms with van der Waals surface area (Å²) in [7, 11) is -1.67. The molecule has 0 bridgehead atoms. The van der Waals surface area contributed by atoms with Gasteiger partial charge in [0.2, 0.25) is 0 Å². The van der Waals surface area contributed by atoms with Crippen molar-refractivity contribution in [1.29, 1.82) is 0 Å². The zero-order valence-corrected chi connectivity index (χ0v) is 22.4. The van der Waals surface area contributed by atoms with Gasteiger partial charge in [-0.25, -0.2) is 0 Å². The number of methoxy groups -OCH3 is 1. The van der Waals surface area contributed by atoms with Crippen molar-refractivity contribution in [2.24, 2.45) is 5.18 Å². The number of hydrogen-bond acceptors (Lipinski definition) is 8. The first-order chi connectivity index (χ1) is 18.4. The molecular weight excluding hydrogens is 509 g/mol. The van der Waals surface area contributed by atoms with Crippen molar-refractivity contribution in [3.8, 4) is 5.75 Å². The Kier molecular flexibility index (Phi) is 8.56. The second kappa shape index (κ2) is 11.9. The number of ether oxygens (including phenoxy) is 1. The van der Waals surface area contributed by atoms with Crippen molar-refractivity contribution >= 4 is 35.1 Å². The molecule has 1 heterocycles. The Labute approximate surface area is 220 Å². The smallest absolute Gasteiger partial charge is 0.330 e. The Morgan fingerprint density at radius 3 is 2.29 bits per heavy atom. The van der Waals surface area contributed by atoms with Crippen LogP contribution in [0.5, 0.6) is 5.75 Å². The average molecular weight is 540 g/mol. The molecule has 0 aliphatic rings. The minimum absolute atomic E-state index is 0.0334. The summed E-state index contributed by atoms with van der Waals surface area (Å²) >= 11 is 0. The molecule has 0 N–H and O–H groups in total. The van der Waals surface area contributed by atoms with Crippen LogP contribution >= 0.6 is 7.60 Å². The van der Waals surface area contributed by atoms with E-state index in [1.807, 2.05) is 34.9 Å². The summed E-state index contributed by atoms with van der Waals surface area (Å²) in [6.45, 7) is 4.61. The number of aromatic nitrogens is 1. The molecule has 11 heteroatoms. The van der Waals surface area contributed by atoms with Crippen molar-refractivity contribution in [1.82, 2.24) is 4.57 Å². The van der Waals surface area contributed by atoms with Gasteiger partial charge in [0.15, 0.2) is 0 Å². The van der Waals surface area contributed by atoms with Crippen LogP contribution in [-0.4, -0.2) is 36.0 Å². The van der Waals surface area contributed by atoms with Crippen molar-refractivity contribution in [3.05, 3.63) is 86.8 Å². The third-order valence-electron chi connectivity index (χ3n) is 6.40. The molecule has 0 amide bonds. The van der Waals surface area contributed by atoms with Crippen molar-refractivity contribution < 1.29 is 23.3 Å². The van der Waals surface area contributed by atoms with Gasteiger partial charge < -0.3 is 18.4 Å². The average Bonchev–Trinajstić information content (AvgIpc) is 3.22. The van der Waals surface area contributed by atoms with E-state index in [4.69, 9.17) is 13.8 Å². The first-order valence-corrected chi connectivity index (χ1v) is 14.1. The number of nitrogens with zero attached hydrogens (tertiary/aromatic N) is 3. The summed E-state index contributed by atoms with van der Waals surface area (Å²) in [4.78, 5) is 23.1. The van der Waals surface area contributed by atoms with Gasteiger partial charge in [-0.1, -0.05) is 29.4 Å². The Morgan fingerprint density at radius 1 is 1.00 bits per heavy atom. The maximum absolute atomic E-state index is 12.9. The van der Waals surface area contributed by atoms with E-state index >= 15 is 0 Å². The molecule has 200 valence electrons. The highest BCUT2D eigenvalue weighted by molar-refractivity contribution is 7.53. The number of non-ortho nitro benzene ring substituents is 1. The van der Waals surface area contributed by atoms with Crippen LogP contribution in [0.1, 0.15) is 37.4 Å². The summed E-state index contributed by atoms with van der Waals surface area (Å²) < 4.78 is 31.3. The van der Waals surface area contributed by atoms with Gasteiger partial charge in [0.1, 0.15) is 11.8 Å². The van der Waals surface area contributed by atoms with E-state index in [2.05, 4.69) is 5.18 Å². The molecule has 0 fully saturated rings. The number of rotatable bonds is 13. The minimum atomic E-state index is -3.21. The summed E-state index contributed by atoms with van der Waals surface area (Å²) in [5, 5.41) is 16.4. The quantitative estimate of drug-likeness (QED) is 0.0760. The number of hydrogen-bond donors (Lipinski definition) is 0. The molecule has 0 aliphatic heterocycles. The first-order valence-electron chi connectivity index (χ1n) is 12.4. The number of nitro benzene ring substituents is 1. The highest BCUT2D eigenvalue weighted by atomic mass is 31.2. The zero-order valence-electron chi connectivity index (χ0n) is 21.5. The number of nitro groups is 1. The molecule has 4 aromatic rings. The second-order valence-electron chi connectivity index (χ2n) is 8.66. The molecule has 1 unspecified atom stereocenters. The molecule has 0 saturated heterocycles. The molecule has 1 atom stereocenters. The Bertz CT molecular complexity index is 1510. The lowest BCUT2D eigenvalue weighted by Gasteiger charge is -2.17. The molecule has 0 saturated carbocycles. The van der Waals surface area contributed by atoms with E-state index in [0.29, 0.717) is 35.2 Å². The SMILES string of the molecule is CCOP(=O)(CCCn1c2ccc(C(N=O)c3ccccc3OC)cc2c2cc([N+](=O)[O-])ccc21)OCC. The molecule has 10 nitrogen and oxygen atoms in total. The molecule has 38 heavy (non-hydrogen) atoms. The molecular formula is C27H30N3O7P. The molecule has 1 aromatic heterocycles. The van der Waals surface area contributed by atoms with Crippen LogP contribution in [0.25, 0.3) is 21.8 Å². The van der Waals surface area contributed by atoms with E-state index in [1.165, 1.54) is 19.2 Å². The molecule has 0 radical (unpaired) electrons. The van der Waals surface area contributed by atoms with Gasteiger partial charge in [0, 0.05) is 46.0 Å². The number of aryl methyl sites for hydroxylation is 1. The Balaban J connectivity index is 1.80. The fourth-order valence-corrected chi connectivity index (χ4v) is 6.45. The standard InChI is InChI=1S/C27H30N3O7P/c1-4-36-38(34,37-5-2)16-8-15-29-24-13-11-19(27(28-31)21-9-6-7-10-26(21)35-3)17-22(24)23-18-20(30(32)33)12-14-25(23)29/h6-7,9-14,17-18,27H,4-5,8,15-16H2,1-3H3. The highest BCUT2D eigenvalue weighted by Crippen LogP contribution is 2.48. The van der Waals surface area contributed by atoms with Gasteiger partial charge in [-0.3, -0.25) is 14.7 Å². The van der Waals surface area contributed by atoms with Crippen molar-refractivity contribution in [2.45, 2.75) is 32.9 Å². The van der Waals surface area contributed by atoms with Gasteiger partial charge in [-0.05, 0) is 50.1 Å². The first kappa shape index (κ1) is 27.4. The van der Waals surface area contributed by atoms with E-state index in [0.717, 1.165) is 16.4 Å². The summed E-state index contributed by atoms with van der Waals surface area (Å²) in [6, 6.07) is 16.6. The maximum Gasteiger partial charge on any atom is 0.330 e. The monoisotopic (exact) mass is 539 g/mol. The van der Waals surface area contributed by atoms with E-state index < -0.39 is 18.6 Å². The van der Waals surface area contributed by atoms with Crippen LogP contribution in [0, 0.1) is 15.0 Å². The fraction of sp³-hybridized carbons (Fsp3) is 0.333. The molecule has 0 aliphatic carbocycles. The summed E-state index contributed by atoms with van der Waals surface area (Å²) in [5.41, 5.74) is 2.85. The summed E-state index contributed by atoms with van der Waals surface area (Å²) in [6.07, 6.45) is 0.750. The third-order valence-corrected chi connectivity index (χ3v) is 8.57. The van der Waals surface area contributed by atoms with Crippen molar-refractivity contribution in [3.63, 3.8) is 0 Å². The predicted octanol–water partition coefficient (Wildman–Crippen LogP) is 7.22. The Hall–Kier alpha value is -3.59. The van der Waals surface area contributed by atoms with Crippen LogP contribution in [0.3, 0.4) is 0 Å². The molecule has 4 rings (SSSR count). The van der Waals surface area contributed by atoms with Gasteiger partial charge >= 0.3 is 7.60 Å². The normalized spacial score (nSPS) is 12.6. The van der Waals surface area contributed by atoms with Crippen LogP contribution in [-0.2, 0) is 20.2 Å². The van der Waals surface area contributed by atoms with Gasteiger partial charge in [-0.2, -0.15) is 0 Å². The lowest BCUT2D eigenvalue weighted by atomic mass is 9.97. The maximum atomic E-state index is 12.9. The highest BCUT2D eigenvalue weighted by Gasteiger charge is 2.24. The number of fused-ring (bicyclic) bond motifs is 3. The lowest BCUT2D eigenvalue weighted by Crippen LogP contribution is -2.05. The predicted molar refractivity (Wildman–Crippen MR) is 147 cm³/mol. The molecule has 3 aromatic carbocycles. The van der Waals surface area contributed by atoms with Crippen LogP contribution in [0.15, 0.2) is 65.8 Å². The van der Waals surface area contributed by atoms with Crippen LogP contribution in [0.2, 0.25) is 0 Å². The fourth-order valence-electron chi connectivity index (χ4n) is 4.81. The van der Waals surface area contributed by atoms with Gasteiger partial charge in [-0.15, -0.1) is 4.91 Å². The number of benzene rings is 3. The van der Waals surface area contributed by atoms with E-state index in [-0.39, 0.29) is 25.1 Å². The molecule has 0 spiro atoms. The number of para-hydroxylation sites is 1. The summed E-state index contributed by atoms with van der Waals surface area (Å²) in [5.74, 6) is 0.545. The van der Waals surface area contributed by atoms with Gasteiger partial charge in [0.05, 0.1) is 31.4 Å². The van der Waals surface area contributed by atoms with E-state index in [1.54, 1.807) is 32.0 Å². The van der Waals surface area contributed by atoms with Gasteiger partial charge in [0.25, 0.3) is 5.69 Å². The topological polar surface area (TPSA) is 122 Å². The second-order valence-corrected chi connectivity index (χ2v) is 10.8. The minimum Gasteiger partial charge on any atom is -0.496 e. The van der Waals surface area contributed by atoms with E-state index in [9.17, 15) is 19.6 Å².